The highest BCUT2D eigenvalue weighted by Crippen LogP contribution is 2.33. The van der Waals surface area contributed by atoms with Crippen LogP contribution in [0.5, 0.6) is 5.75 Å². The topological polar surface area (TPSA) is 46.5 Å². The minimum absolute atomic E-state index is 0.546. The van der Waals surface area contributed by atoms with E-state index in [1.807, 2.05) is 24.3 Å². The highest BCUT2D eigenvalue weighted by atomic mass is 32.1. The Hall–Kier alpha value is -1.55. The zero-order valence-corrected chi connectivity index (χ0v) is 11.5. The van der Waals surface area contributed by atoms with Crippen molar-refractivity contribution in [3.63, 3.8) is 0 Å². The Morgan fingerprint density at radius 3 is 2.72 bits per heavy atom. The Morgan fingerprint density at radius 1 is 1.39 bits per heavy atom. The van der Waals surface area contributed by atoms with Crippen molar-refractivity contribution in [3.8, 4) is 5.75 Å². The zero-order valence-electron chi connectivity index (χ0n) is 10.7. The summed E-state index contributed by atoms with van der Waals surface area (Å²) < 4.78 is 6.34. The number of thiophene rings is 1. The Kier molecular flexibility index (Phi) is 3.30. The number of hydrogen-bond acceptors (Lipinski definition) is 3. The first kappa shape index (κ1) is 12.9. The van der Waals surface area contributed by atoms with Crippen LogP contribution in [0.4, 0.5) is 0 Å². The van der Waals surface area contributed by atoms with Gasteiger partial charge in [-0.3, -0.25) is 4.79 Å². The molecule has 18 heavy (non-hydrogen) atoms. The quantitative estimate of drug-likeness (QED) is 0.918. The van der Waals surface area contributed by atoms with Gasteiger partial charge in [-0.1, -0.05) is 0 Å². The Labute approximate surface area is 110 Å². The van der Waals surface area contributed by atoms with Crippen molar-refractivity contribution in [2.75, 3.05) is 7.11 Å². The number of methoxy groups -OCH3 is 1. The van der Waals surface area contributed by atoms with E-state index in [0.29, 0.717) is 6.42 Å². The lowest BCUT2D eigenvalue weighted by Gasteiger charge is -2.17. The van der Waals surface area contributed by atoms with Gasteiger partial charge in [-0.2, -0.15) is 0 Å². The van der Waals surface area contributed by atoms with Gasteiger partial charge in [0.1, 0.15) is 5.75 Å². The molecule has 0 aliphatic rings. The molecule has 4 heteroatoms. The molecule has 0 bridgehead atoms. The van der Waals surface area contributed by atoms with Crippen molar-refractivity contribution in [2.45, 2.75) is 20.3 Å². The highest BCUT2D eigenvalue weighted by molar-refractivity contribution is 7.19. The first-order chi connectivity index (χ1) is 8.42. The van der Waals surface area contributed by atoms with Crippen LogP contribution >= 0.6 is 11.3 Å². The number of rotatable bonds is 4. The molecule has 0 aliphatic carbocycles. The van der Waals surface area contributed by atoms with Crippen LogP contribution in [0.2, 0.25) is 0 Å². The third-order valence-corrected chi connectivity index (χ3v) is 4.09. The van der Waals surface area contributed by atoms with E-state index in [1.165, 1.54) is 0 Å². The van der Waals surface area contributed by atoms with Crippen LogP contribution in [0.1, 0.15) is 18.7 Å². The predicted octanol–water partition coefficient (Wildman–Crippen LogP) is 3.56. The largest absolute Gasteiger partial charge is 0.497 e. The molecule has 1 aromatic carbocycles. The zero-order chi connectivity index (χ0) is 13.3. The number of ether oxygens (including phenoxy) is 1. The van der Waals surface area contributed by atoms with Crippen LogP contribution in [-0.2, 0) is 11.2 Å². The molecule has 0 atom stereocenters. The van der Waals surface area contributed by atoms with Gasteiger partial charge in [0.05, 0.1) is 12.5 Å². The number of aliphatic carboxylic acids is 1. The van der Waals surface area contributed by atoms with Gasteiger partial charge in [0, 0.05) is 9.58 Å². The maximum Gasteiger partial charge on any atom is 0.309 e. The normalized spacial score (nSPS) is 11.7. The van der Waals surface area contributed by atoms with Gasteiger partial charge in [0.2, 0.25) is 0 Å². The first-order valence-corrected chi connectivity index (χ1v) is 6.54. The summed E-state index contributed by atoms with van der Waals surface area (Å²) in [4.78, 5) is 12.2. The van der Waals surface area contributed by atoms with E-state index in [4.69, 9.17) is 9.84 Å². The highest BCUT2D eigenvalue weighted by Gasteiger charge is 2.28. The fourth-order valence-corrected chi connectivity index (χ4v) is 3.07. The van der Waals surface area contributed by atoms with E-state index in [0.717, 1.165) is 20.7 Å². The molecule has 0 saturated heterocycles. The Balaban J connectivity index is 2.33. The summed E-state index contributed by atoms with van der Waals surface area (Å²) in [6.07, 6.45) is 0.546. The maximum absolute atomic E-state index is 11.1. The molecule has 1 N–H and O–H groups in total. The molecular weight excluding hydrogens is 248 g/mol. The van der Waals surface area contributed by atoms with Crippen molar-refractivity contribution in [1.82, 2.24) is 0 Å². The lowest BCUT2D eigenvalue weighted by Crippen LogP contribution is -2.25. The van der Waals surface area contributed by atoms with Crippen LogP contribution < -0.4 is 4.74 Å². The third-order valence-electron chi connectivity index (χ3n) is 2.97. The smallest absolute Gasteiger partial charge is 0.309 e. The molecule has 0 fully saturated rings. The monoisotopic (exact) mass is 264 g/mol. The van der Waals surface area contributed by atoms with Gasteiger partial charge in [-0.15, -0.1) is 11.3 Å². The SMILES string of the molecule is COc1ccc2sc(CC(C)(C)C(=O)O)cc2c1. The molecule has 0 unspecified atom stereocenters. The van der Waals surface area contributed by atoms with E-state index in [2.05, 4.69) is 0 Å². The van der Waals surface area contributed by atoms with Crippen molar-refractivity contribution >= 4 is 27.4 Å². The van der Waals surface area contributed by atoms with Gasteiger partial charge in [-0.05, 0) is 49.9 Å². The van der Waals surface area contributed by atoms with Crippen LogP contribution in [0.25, 0.3) is 10.1 Å². The second-order valence-corrected chi connectivity index (χ2v) is 6.15. The molecule has 96 valence electrons. The summed E-state index contributed by atoms with van der Waals surface area (Å²) in [5, 5.41) is 10.3. The molecule has 0 radical (unpaired) electrons. The Bertz CT molecular complexity index is 584. The third kappa shape index (κ3) is 2.48. The van der Waals surface area contributed by atoms with Crippen molar-refractivity contribution in [3.05, 3.63) is 29.1 Å². The summed E-state index contributed by atoms with van der Waals surface area (Å²) in [6, 6.07) is 7.96. The minimum atomic E-state index is -0.766. The number of benzene rings is 1. The summed E-state index contributed by atoms with van der Waals surface area (Å²) in [5.74, 6) is 0.0573. The van der Waals surface area contributed by atoms with E-state index >= 15 is 0 Å². The molecule has 0 aliphatic heterocycles. The van der Waals surface area contributed by atoms with E-state index < -0.39 is 11.4 Å². The van der Waals surface area contributed by atoms with Crippen LogP contribution in [-0.4, -0.2) is 18.2 Å². The van der Waals surface area contributed by atoms with E-state index in [9.17, 15) is 4.79 Å². The summed E-state index contributed by atoms with van der Waals surface area (Å²) >= 11 is 1.64. The van der Waals surface area contributed by atoms with Crippen LogP contribution in [0.15, 0.2) is 24.3 Å². The van der Waals surface area contributed by atoms with Crippen molar-refractivity contribution < 1.29 is 14.6 Å². The molecule has 0 saturated carbocycles. The Morgan fingerprint density at radius 2 is 2.11 bits per heavy atom. The number of carboxylic acid groups (broad SMARTS) is 1. The lowest BCUT2D eigenvalue weighted by molar-refractivity contribution is -0.146. The standard InChI is InChI=1S/C14H16O3S/c1-14(2,13(15)16)8-11-7-9-6-10(17-3)4-5-12(9)18-11/h4-7H,8H2,1-3H3,(H,15,16). The molecule has 2 rings (SSSR count). The molecule has 3 nitrogen and oxygen atoms in total. The van der Waals surface area contributed by atoms with Gasteiger partial charge < -0.3 is 9.84 Å². The van der Waals surface area contributed by atoms with E-state index in [-0.39, 0.29) is 0 Å². The summed E-state index contributed by atoms with van der Waals surface area (Å²) in [5.41, 5.74) is -0.731. The lowest BCUT2D eigenvalue weighted by atomic mass is 9.89. The van der Waals surface area contributed by atoms with E-state index in [1.54, 1.807) is 32.3 Å². The molecule has 1 aromatic heterocycles. The van der Waals surface area contributed by atoms with Gasteiger partial charge in [0.25, 0.3) is 0 Å². The van der Waals surface area contributed by atoms with Crippen LogP contribution in [0, 0.1) is 5.41 Å². The second-order valence-electron chi connectivity index (χ2n) is 4.98. The van der Waals surface area contributed by atoms with Gasteiger partial charge >= 0.3 is 5.97 Å². The molecule has 0 amide bonds. The average molecular weight is 264 g/mol. The molecule has 2 aromatic rings. The second kappa shape index (κ2) is 4.61. The summed E-state index contributed by atoms with van der Waals surface area (Å²) in [6.45, 7) is 3.50. The fourth-order valence-electron chi connectivity index (χ4n) is 1.80. The van der Waals surface area contributed by atoms with Gasteiger partial charge in [-0.25, -0.2) is 0 Å². The predicted molar refractivity (Wildman–Crippen MR) is 73.5 cm³/mol. The van der Waals surface area contributed by atoms with Gasteiger partial charge in [0.15, 0.2) is 0 Å². The first-order valence-electron chi connectivity index (χ1n) is 5.72. The minimum Gasteiger partial charge on any atom is -0.497 e. The number of carboxylic acids is 1. The molecule has 1 heterocycles. The molecule has 0 spiro atoms. The van der Waals surface area contributed by atoms with Crippen LogP contribution in [0.3, 0.4) is 0 Å². The summed E-state index contributed by atoms with van der Waals surface area (Å²) in [7, 11) is 1.64. The number of carbonyl (C=O) groups is 1. The van der Waals surface area contributed by atoms with Crippen molar-refractivity contribution in [2.24, 2.45) is 5.41 Å². The number of hydrogen-bond donors (Lipinski definition) is 1. The average Bonchev–Trinajstić information content (AvgIpc) is 2.68. The molecular formula is C14H16O3S. The maximum atomic E-state index is 11.1. The fraction of sp³-hybridized carbons (Fsp3) is 0.357. The van der Waals surface area contributed by atoms with Crippen molar-refractivity contribution in [1.29, 1.82) is 0 Å². The number of fused-ring (bicyclic) bond motifs is 1.